The molecule has 9 heteroatoms. The van der Waals surface area contributed by atoms with Crippen LogP contribution < -0.4 is 10.6 Å². The van der Waals surface area contributed by atoms with Gasteiger partial charge in [0.25, 0.3) is 5.91 Å². The maximum atomic E-state index is 12.1. The number of amides is 2. The summed E-state index contributed by atoms with van der Waals surface area (Å²) < 4.78 is 0. The maximum absolute atomic E-state index is 12.1. The summed E-state index contributed by atoms with van der Waals surface area (Å²) in [5.41, 5.74) is 2.24. The van der Waals surface area contributed by atoms with Gasteiger partial charge in [-0.2, -0.15) is 0 Å². The second-order valence-corrected chi connectivity index (χ2v) is 7.91. The van der Waals surface area contributed by atoms with E-state index in [0.29, 0.717) is 11.6 Å². The molecule has 3 aromatic rings. The summed E-state index contributed by atoms with van der Waals surface area (Å²) in [5.74, 6) is -0.687. The lowest BCUT2D eigenvalue weighted by Gasteiger charge is -2.08. The van der Waals surface area contributed by atoms with Crippen LogP contribution in [0.5, 0.6) is 0 Å². The number of aryl methyl sites for hydroxylation is 1. The van der Waals surface area contributed by atoms with Crippen molar-refractivity contribution in [1.82, 2.24) is 20.6 Å². The fraction of sp³-hybridized carbons (Fsp3) is 0.200. The first-order valence-corrected chi connectivity index (χ1v) is 10.5. The molecule has 0 spiro atoms. The van der Waals surface area contributed by atoms with Gasteiger partial charge in [0.2, 0.25) is 5.91 Å². The number of aromatic nitrogens is 2. The van der Waals surface area contributed by atoms with Crippen LogP contribution in [0.15, 0.2) is 48.1 Å². The molecule has 0 unspecified atom stereocenters. The Labute approximate surface area is 182 Å². The summed E-state index contributed by atoms with van der Waals surface area (Å²) in [6, 6.07) is 8.42. The average molecular weight is 449 g/mol. The predicted octanol–water partition coefficient (Wildman–Crippen LogP) is 3.99. The topological polar surface area (TPSA) is 84.0 Å². The van der Waals surface area contributed by atoms with Crippen LogP contribution in [0.2, 0.25) is 10.0 Å². The molecule has 29 heavy (non-hydrogen) atoms. The van der Waals surface area contributed by atoms with Gasteiger partial charge in [-0.1, -0.05) is 23.2 Å². The minimum atomic E-state index is -0.423. The Bertz CT molecular complexity index is 995. The first-order valence-electron chi connectivity index (χ1n) is 8.87. The largest absolute Gasteiger partial charge is 0.355 e. The highest BCUT2D eigenvalue weighted by atomic mass is 35.5. The van der Waals surface area contributed by atoms with Crippen LogP contribution in [0, 0.1) is 0 Å². The van der Waals surface area contributed by atoms with Crippen molar-refractivity contribution < 1.29 is 9.59 Å². The smallest absolute Gasteiger partial charge is 0.253 e. The van der Waals surface area contributed by atoms with Crippen molar-refractivity contribution in [2.75, 3.05) is 13.1 Å². The zero-order chi connectivity index (χ0) is 20.6. The summed E-state index contributed by atoms with van der Waals surface area (Å²) in [5, 5.41) is 9.04. The fourth-order valence-electron chi connectivity index (χ4n) is 2.54. The minimum absolute atomic E-state index is 0.124. The molecule has 0 saturated heterocycles. The van der Waals surface area contributed by atoms with Gasteiger partial charge in [0.15, 0.2) is 0 Å². The highest BCUT2D eigenvalue weighted by Gasteiger charge is 2.12. The van der Waals surface area contributed by atoms with Gasteiger partial charge in [-0.05, 0) is 36.8 Å². The molecule has 0 bridgehead atoms. The first-order chi connectivity index (χ1) is 14.0. The Balaban J connectivity index is 1.37. The number of nitrogens with one attached hydrogen (secondary N) is 2. The second-order valence-electron chi connectivity index (χ2n) is 6.12. The molecule has 0 fully saturated rings. The number of rotatable bonds is 8. The highest BCUT2D eigenvalue weighted by molar-refractivity contribution is 7.09. The molecule has 0 aliphatic heterocycles. The van der Waals surface area contributed by atoms with Gasteiger partial charge in [-0.25, -0.2) is 4.98 Å². The van der Waals surface area contributed by atoms with E-state index in [0.717, 1.165) is 29.1 Å². The van der Waals surface area contributed by atoms with Crippen LogP contribution in [-0.2, 0) is 11.2 Å². The molecule has 1 aromatic carbocycles. The van der Waals surface area contributed by atoms with E-state index in [1.807, 2.05) is 17.5 Å². The van der Waals surface area contributed by atoms with Gasteiger partial charge in [0.05, 0.1) is 27.8 Å². The van der Waals surface area contributed by atoms with Gasteiger partial charge in [0.1, 0.15) is 0 Å². The van der Waals surface area contributed by atoms with Gasteiger partial charge in [0, 0.05) is 41.3 Å². The SMILES string of the molecule is O=C(CNC(=O)c1ccc(Cl)cc1Cl)NCCCc1nc(-c2ccncc2)cs1. The fourth-order valence-corrected chi connectivity index (χ4v) is 3.88. The van der Waals surface area contributed by atoms with Crippen LogP contribution >= 0.6 is 34.5 Å². The van der Waals surface area contributed by atoms with E-state index in [1.54, 1.807) is 29.8 Å². The van der Waals surface area contributed by atoms with E-state index in [4.69, 9.17) is 23.2 Å². The average Bonchev–Trinajstić information content (AvgIpc) is 3.19. The molecule has 2 aromatic heterocycles. The van der Waals surface area contributed by atoms with Crippen LogP contribution in [0.1, 0.15) is 21.8 Å². The third-order valence-corrected chi connectivity index (χ3v) is 5.46. The van der Waals surface area contributed by atoms with Crippen molar-refractivity contribution in [1.29, 1.82) is 0 Å². The van der Waals surface area contributed by atoms with Crippen molar-refractivity contribution in [3.63, 3.8) is 0 Å². The Hall–Kier alpha value is -2.48. The number of carbonyl (C=O) groups excluding carboxylic acids is 2. The molecule has 0 radical (unpaired) electrons. The van der Waals surface area contributed by atoms with E-state index < -0.39 is 5.91 Å². The Kier molecular flexibility index (Phi) is 7.57. The normalized spacial score (nSPS) is 10.6. The molecule has 0 aliphatic carbocycles. The zero-order valence-electron chi connectivity index (χ0n) is 15.3. The maximum Gasteiger partial charge on any atom is 0.253 e. The Morgan fingerprint density at radius 1 is 1.07 bits per heavy atom. The number of carbonyl (C=O) groups is 2. The van der Waals surface area contributed by atoms with Crippen molar-refractivity contribution in [2.24, 2.45) is 0 Å². The van der Waals surface area contributed by atoms with Crippen LogP contribution in [0.3, 0.4) is 0 Å². The molecule has 2 amide bonds. The number of pyridine rings is 1. The molecule has 0 saturated carbocycles. The molecule has 150 valence electrons. The van der Waals surface area contributed by atoms with E-state index in [2.05, 4.69) is 20.6 Å². The Morgan fingerprint density at radius 3 is 2.62 bits per heavy atom. The van der Waals surface area contributed by atoms with E-state index >= 15 is 0 Å². The van der Waals surface area contributed by atoms with E-state index in [1.165, 1.54) is 12.1 Å². The van der Waals surface area contributed by atoms with Gasteiger partial charge in [-0.3, -0.25) is 14.6 Å². The molecular formula is C20H18Cl2N4O2S. The lowest BCUT2D eigenvalue weighted by atomic mass is 10.2. The van der Waals surface area contributed by atoms with Crippen molar-refractivity contribution in [3.05, 3.63) is 68.7 Å². The molecule has 6 nitrogen and oxygen atoms in total. The van der Waals surface area contributed by atoms with E-state index in [9.17, 15) is 9.59 Å². The standard InChI is InChI=1S/C20H18Cl2N4O2S/c21-14-3-4-15(16(22)10-14)20(28)25-11-18(27)24-7-1-2-19-26-17(12-29-19)13-5-8-23-9-6-13/h3-6,8-10,12H,1-2,7,11H2,(H,24,27)(H,25,28). The van der Waals surface area contributed by atoms with Crippen molar-refractivity contribution in [2.45, 2.75) is 12.8 Å². The summed E-state index contributed by atoms with van der Waals surface area (Å²) in [6.45, 7) is 0.377. The lowest BCUT2D eigenvalue weighted by molar-refractivity contribution is -0.120. The van der Waals surface area contributed by atoms with Gasteiger partial charge in [-0.15, -0.1) is 11.3 Å². The molecule has 3 rings (SSSR count). The number of nitrogens with zero attached hydrogens (tertiary/aromatic N) is 2. The van der Waals surface area contributed by atoms with Gasteiger partial charge >= 0.3 is 0 Å². The van der Waals surface area contributed by atoms with Crippen LogP contribution in [-0.4, -0.2) is 34.9 Å². The number of benzene rings is 1. The molecule has 0 aliphatic rings. The van der Waals surface area contributed by atoms with Crippen molar-refractivity contribution in [3.8, 4) is 11.3 Å². The van der Waals surface area contributed by atoms with Crippen LogP contribution in [0.4, 0.5) is 0 Å². The number of hydrogen-bond acceptors (Lipinski definition) is 5. The lowest BCUT2D eigenvalue weighted by Crippen LogP contribution is -2.37. The summed E-state index contributed by atoms with van der Waals surface area (Å²) in [7, 11) is 0. The third-order valence-electron chi connectivity index (χ3n) is 4.00. The number of thiazole rings is 1. The minimum Gasteiger partial charge on any atom is -0.355 e. The summed E-state index contributed by atoms with van der Waals surface area (Å²) in [6.07, 6.45) is 5.00. The quantitative estimate of drug-likeness (QED) is 0.510. The van der Waals surface area contributed by atoms with Crippen molar-refractivity contribution >= 4 is 46.4 Å². The summed E-state index contributed by atoms with van der Waals surface area (Å²) in [4.78, 5) is 32.6. The Morgan fingerprint density at radius 2 is 1.86 bits per heavy atom. The zero-order valence-corrected chi connectivity index (χ0v) is 17.7. The van der Waals surface area contributed by atoms with Crippen LogP contribution in [0.25, 0.3) is 11.3 Å². The second kappa shape index (κ2) is 10.3. The molecule has 2 heterocycles. The molecular weight excluding hydrogens is 431 g/mol. The van der Waals surface area contributed by atoms with E-state index in [-0.39, 0.29) is 23.0 Å². The number of hydrogen-bond donors (Lipinski definition) is 2. The van der Waals surface area contributed by atoms with Gasteiger partial charge < -0.3 is 10.6 Å². The third kappa shape index (κ3) is 6.25. The molecule has 0 atom stereocenters. The predicted molar refractivity (Wildman–Crippen MR) is 115 cm³/mol. The highest BCUT2D eigenvalue weighted by Crippen LogP contribution is 2.22. The summed E-state index contributed by atoms with van der Waals surface area (Å²) >= 11 is 13.4. The monoisotopic (exact) mass is 448 g/mol. The first kappa shape index (κ1) is 21.2. The number of halogens is 2. The molecule has 2 N–H and O–H groups in total.